The molecule has 0 aliphatic carbocycles. The van der Waals surface area contributed by atoms with E-state index in [1.807, 2.05) is 6.92 Å². The van der Waals surface area contributed by atoms with Gasteiger partial charge < -0.3 is 10.1 Å². The van der Waals surface area contributed by atoms with Crippen LogP contribution in [0.25, 0.3) is 0 Å². The highest BCUT2D eigenvalue weighted by atomic mass is 19.3. The van der Waals surface area contributed by atoms with Crippen LogP contribution in [0.5, 0.6) is 5.75 Å². The molecule has 1 fully saturated rings. The fourth-order valence-corrected chi connectivity index (χ4v) is 2.76. The molecule has 1 saturated heterocycles. The van der Waals surface area contributed by atoms with E-state index in [2.05, 4.69) is 5.32 Å². The second kappa shape index (κ2) is 5.45. The van der Waals surface area contributed by atoms with Crippen molar-refractivity contribution >= 4 is 0 Å². The Labute approximate surface area is 113 Å². The zero-order valence-electron chi connectivity index (χ0n) is 11.7. The summed E-state index contributed by atoms with van der Waals surface area (Å²) in [6, 6.07) is 3.06. The molecule has 0 amide bonds. The average Bonchev–Trinajstić information content (AvgIpc) is 2.84. The SMILES string of the molecule is COc1ccc(C(F)(F)CC2CCCN2)c(C)c1C. The van der Waals surface area contributed by atoms with Crippen molar-refractivity contribution in [2.75, 3.05) is 13.7 Å². The standard InChI is InChI=1S/C15H21F2NO/c1-10-11(2)14(19-3)7-6-13(10)15(16,17)9-12-5-4-8-18-12/h6-7,12,18H,4-5,8-9H2,1-3H3. The maximum Gasteiger partial charge on any atom is 0.275 e. The molecular weight excluding hydrogens is 248 g/mol. The van der Waals surface area contributed by atoms with Crippen LogP contribution in [-0.2, 0) is 5.92 Å². The van der Waals surface area contributed by atoms with Gasteiger partial charge in [0.1, 0.15) is 5.75 Å². The molecule has 1 heterocycles. The largest absolute Gasteiger partial charge is 0.496 e. The molecule has 2 nitrogen and oxygen atoms in total. The van der Waals surface area contributed by atoms with E-state index < -0.39 is 5.92 Å². The maximum absolute atomic E-state index is 14.4. The van der Waals surface area contributed by atoms with Crippen molar-refractivity contribution in [1.29, 1.82) is 0 Å². The minimum atomic E-state index is -2.79. The molecule has 1 atom stereocenters. The topological polar surface area (TPSA) is 21.3 Å². The molecule has 2 rings (SSSR count). The van der Waals surface area contributed by atoms with Crippen molar-refractivity contribution < 1.29 is 13.5 Å². The van der Waals surface area contributed by atoms with Gasteiger partial charge in [0.05, 0.1) is 7.11 Å². The van der Waals surface area contributed by atoms with Crippen molar-refractivity contribution in [3.63, 3.8) is 0 Å². The van der Waals surface area contributed by atoms with E-state index in [1.165, 1.54) is 6.07 Å². The average molecular weight is 269 g/mol. The summed E-state index contributed by atoms with van der Waals surface area (Å²) in [7, 11) is 1.56. The Morgan fingerprint density at radius 3 is 2.63 bits per heavy atom. The van der Waals surface area contributed by atoms with Gasteiger partial charge in [-0.1, -0.05) is 0 Å². The van der Waals surface area contributed by atoms with Gasteiger partial charge in [0, 0.05) is 18.0 Å². The minimum Gasteiger partial charge on any atom is -0.496 e. The molecule has 1 aliphatic rings. The van der Waals surface area contributed by atoms with E-state index in [0.29, 0.717) is 11.3 Å². The lowest BCUT2D eigenvalue weighted by Gasteiger charge is -2.24. The zero-order chi connectivity index (χ0) is 14.0. The Kier molecular flexibility index (Phi) is 4.09. The summed E-state index contributed by atoms with van der Waals surface area (Å²) in [5.41, 5.74) is 1.54. The smallest absolute Gasteiger partial charge is 0.275 e. The van der Waals surface area contributed by atoms with Gasteiger partial charge >= 0.3 is 0 Å². The van der Waals surface area contributed by atoms with Gasteiger partial charge in [0.2, 0.25) is 0 Å². The predicted octanol–water partition coefficient (Wildman–Crippen LogP) is 3.55. The molecule has 4 heteroatoms. The number of hydrogen-bond acceptors (Lipinski definition) is 2. The van der Waals surface area contributed by atoms with E-state index in [9.17, 15) is 8.78 Å². The molecule has 1 aromatic carbocycles. The summed E-state index contributed by atoms with van der Waals surface area (Å²) < 4.78 is 34.0. The van der Waals surface area contributed by atoms with Crippen LogP contribution in [0.15, 0.2) is 12.1 Å². The second-order valence-electron chi connectivity index (χ2n) is 5.27. The third kappa shape index (κ3) is 2.89. The number of rotatable bonds is 4. The predicted molar refractivity (Wildman–Crippen MR) is 72.0 cm³/mol. The van der Waals surface area contributed by atoms with E-state index in [-0.39, 0.29) is 18.0 Å². The number of benzene rings is 1. The molecule has 19 heavy (non-hydrogen) atoms. The first kappa shape index (κ1) is 14.3. The van der Waals surface area contributed by atoms with Gasteiger partial charge in [-0.15, -0.1) is 0 Å². The Morgan fingerprint density at radius 1 is 1.32 bits per heavy atom. The van der Waals surface area contributed by atoms with E-state index in [4.69, 9.17) is 4.74 Å². The molecule has 0 aromatic heterocycles. The first-order valence-corrected chi connectivity index (χ1v) is 6.71. The van der Waals surface area contributed by atoms with E-state index in [1.54, 1.807) is 20.1 Å². The van der Waals surface area contributed by atoms with Crippen LogP contribution in [0, 0.1) is 13.8 Å². The lowest BCUT2D eigenvalue weighted by atomic mass is 9.93. The highest BCUT2D eigenvalue weighted by molar-refractivity contribution is 5.45. The van der Waals surface area contributed by atoms with Gasteiger partial charge in [-0.2, -0.15) is 0 Å². The fourth-order valence-electron chi connectivity index (χ4n) is 2.76. The first-order chi connectivity index (χ1) is 8.95. The minimum absolute atomic E-state index is 0.0724. The summed E-state index contributed by atoms with van der Waals surface area (Å²) >= 11 is 0. The van der Waals surface area contributed by atoms with Gasteiger partial charge in [0.25, 0.3) is 5.92 Å². The Morgan fingerprint density at radius 2 is 2.05 bits per heavy atom. The molecule has 1 aliphatic heterocycles. The lowest BCUT2D eigenvalue weighted by Crippen LogP contribution is -2.29. The molecule has 0 bridgehead atoms. The van der Waals surface area contributed by atoms with Crippen LogP contribution in [-0.4, -0.2) is 19.7 Å². The number of nitrogens with one attached hydrogen (secondary N) is 1. The van der Waals surface area contributed by atoms with Gasteiger partial charge in [0.15, 0.2) is 0 Å². The summed E-state index contributed by atoms with van der Waals surface area (Å²) in [4.78, 5) is 0. The van der Waals surface area contributed by atoms with E-state index >= 15 is 0 Å². The van der Waals surface area contributed by atoms with Crippen LogP contribution < -0.4 is 10.1 Å². The second-order valence-corrected chi connectivity index (χ2v) is 5.27. The van der Waals surface area contributed by atoms with Crippen LogP contribution in [0.2, 0.25) is 0 Å². The number of hydrogen-bond donors (Lipinski definition) is 1. The van der Waals surface area contributed by atoms with Crippen molar-refractivity contribution in [3.8, 4) is 5.75 Å². The van der Waals surface area contributed by atoms with Crippen molar-refractivity contribution in [2.24, 2.45) is 0 Å². The molecule has 1 N–H and O–H groups in total. The molecule has 0 saturated carbocycles. The Bertz CT molecular complexity index is 454. The third-order valence-corrected chi connectivity index (χ3v) is 4.02. The highest BCUT2D eigenvalue weighted by Crippen LogP contribution is 2.39. The quantitative estimate of drug-likeness (QED) is 0.902. The Hall–Kier alpha value is -1.16. The third-order valence-electron chi connectivity index (χ3n) is 4.02. The van der Waals surface area contributed by atoms with Gasteiger partial charge in [-0.25, -0.2) is 8.78 Å². The Balaban J connectivity index is 2.26. The summed E-state index contributed by atoms with van der Waals surface area (Å²) in [6.07, 6.45) is 1.70. The molecule has 0 radical (unpaired) electrons. The van der Waals surface area contributed by atoms with Gasteiger partial charge in [-0.3, -0.25) is 0 Å². The van der Waals surface area contributed by atoms with Crippen LogP contribution in [0.3, 0.4) is 0 Å². The van der Waals surface area contributed by atoms with Crippen molar-refractivity contribution in [2.45, 2.75) is 45.1 Å². The fraction of sp³-hybridized carbons (Fsp3) is 0.600. The number of methoxy groups -OCH3 is 1. The lowest BCUT2D eigenvalue weighted by molar-refractivity contribution is -0.0219. The number of alkyl halides is 2. The molecule has 1 unspecified atom stereocenters. The first-order valence-electron chi connectivity index (χ1n) is 6.71. The summed E-state index contributed by atoms with van der Waals surface area (Å²) in [6.45, 7) is 4.41. The van der Waals surface area contributed by atoms with Crippen LogP contribution >= 0.6 is 0 Å². The van der Waals surface area contributed by atoms with Crippen LogP contribution in [0.4, 0.5) is 8.78 Å². The molecular formula is C15H21F2NO. The summed E-state index contributed by atoms with van der Waals surface area (Å²) in [5, 5.41) is 3.13. The number of ether oxygens (including phenoxy) is 1. The zero-order valence-corrected chi connectivity index (χ0v) is 11.7. The highest BCUT2D eigenvalue weighted by Gasteiger charge is 2.37. The maximum atomic E-state index is 14.4. The molecule has 1 aromatic rings. The number of halogens is 2. The van der Waals surface area contributed by atoms with Gasteiger partial charge in [-0.05, 0) is 56.5 Å². The van der Waals surface area contributed by atoms with Crippen molar-refractivity contribution in [3.05, 3.63) is 28.8 Å². The summed E-state index contributed by atoms with van der Waals surface area (Å²) in [5.74, 6) is -2.13. The normalized spacial score (nSPS) is 19.7. The van der Waals surface area contributed by atoms with Crippen LogP contribution in [0.1, 0.15) is 36.0 Å². The molecule has 106 valence electrons. The monoisotopic (exact) mass is 269 g/mol. The molecule has 0 spiro atoms. The van der Waals surface area contributed by atoms with Crippen molar-refractivity contribution in [1.82, 2.24) is 5.32 Å². The van der Waals surface area contributed by atoms with E-state index in [0.717, 1.165) is 24.9 Å².